The van der Waals surface area contributed by atoms with Crippen LogP contribution in [-0.2, 0) is 6.42 Å². The minimum Gasteiger partial charge on any atom is -0.409 e. The molecule has 0 amide bonds. The molecule has 0 spiro atoms. The quantitative estimate of drug-likeness (QED) is 0.238. The molecule has 0 heterocycles. The van der Waals surface area contributed by atoms with E-state index in [-0.39, 0.29) is 5.84 Å². The third-order valence-corrected chi connectivity index (χ3v) is 4.14. The van der Waals surface area contributed by atoms with Gasteiger partial charge in [0.2, 0.25) is 0 Å². The van der Waals surface area contributed by atoms with Crippen molar-refractivity contribution in [3.8, 4) is 11.1 Å². The predicted molar refractivity (Wildman–Crippen MR) is 96.9 cm³/mol. The zero-order valence-electron chi connectivity index (χ0n) is 13.8. The minimum atomic E-state index is 0.134. The summed E-state index contributed by atoms with van der Waals surface area (Å²) in [5, 5.41) is 11.7. The van der Waals surface area contributed by atoms with E-state index in [1.165, 1.54) is 43.2 Å². The molecule has 2 aromatic rings. The van der Waals surface area contributed by atoms with Gasteiger partial charge in [-0.05, 0) is 29.5 Å². The van der Waals surface area contributed by atoms with Crippen LogP contribution in [0.5, 0.6) is 0 Å². The lowest BCUT2D eigenvalue weighted by Gasteiger charge is -2.06. The molecule has 0 aromatic heterocycles. The van der Waals surface area contributed by atoms with Crippen LogP contribution < -0.4 is 5.73 Å². The first-order chi connectivity index (χ1) is 11.2. The molecule has 3 N–H and O–H groups in total. The zero-order valence-corrected chi connectivity index (χ0v) is 13.8. The van der Waals surface area contributed by atoms with E-state index in [0.717, 1.165) is 17.5 Å². The van der Waals surface area contributed by atoms with Crippen molar-refractivity contribution in [3.05, 3.63) is 59.7 Å². The second-order valence-electron chi connectivity index (χ2n) is 5.92. The molecule has 0 aliphatic heterocycles. The summed E-state index contributed by atoms with van der Waals surface area (Å²) in [7, 11) is 0. The number of hydrogen-bond donors (Lipinski definition) is 2. The van der Waals surface area contributed by atoms with Crippen LogP contribution in [0.1, 0.15) is 50.2 Å². The molecule has 0 fully saturated rings. The molecular weight excluding hydrogens is 284 g/mol. The molecule has 0 saturated carbocycles. The first-order valence-corrected chi connectivity index (χ1v) is 8.42. The Morgan fingerprint density at radius 1 is 0.870 bits per heavy atom. The molecular formula is C20H26N2O. The molecule has 0 bridgehead atoms. The summed E-state index contributed by atoms with van der Waals surface area (Å²) >= 11 is 0. The van der Waals surface area contributed by atoms with Gasteiger partial charge in [0, 0.05) is 5.56 Å². The molecule has 122 valence electrons. The average molecular weight is 310 g/mol. The summed E-state index contributed by atoms with van der Waals surface area (Å²) in [5.74, 6) is 0.134. The van der Waals surface area contributed by atoms with Crippen LogP contribution in [0.3, 0.4) is 0 Å². The van der Waals surface area contributed by atoms with Gasteiger partial charge in [0.15, 0.2) is 5.84 Å². The Hall–Kier alpha value is -2.29. The summed E-state index contributed by atoms with van der Waals surface area (Å²) in [6.45, 7) is 2.25. The molecule has 2 aromatic carbocycles. The van der Waals surface area contributed by atoms with Crippen molar-refractivity contribution in [1.82, 2.24) is 0 Å². The lowest BCUT2D eigenvalue weighted by Crippen LogP contribution is -2.12. The number of oxime groups is 1. The van der Waals surface area contributed by atoms with Crippen molar-refractivity contribution in [3.63, 3.8) is 0 Å². The van der Waals surface area contributed by atoms with Crippen molar-refractivity contribution >= 4 is 5.84 Å². The highest BCUT2D eigenvalue weighted by Crippen LogP contribution is 2.21. The summed E-state index contributed by atoms with van der Waals surface area (Å²) in [6, 6.07) is 16.5. The lowest BCUT2D eigenvalue weighted by atomic mass is 10.00. The summed E-state index contributed by atoms with van der Waals surface area (Å²) < 4.78 is 0. The third-order valence-electron chi connectivity index (χ3n) is 4.14. The number of rotatable bonds is 8. The Morgan fingerprint density at radius 3 is 2.00 bits per heavy atom. The van der Waals surface area contributed by atoms with Gasteiger partial charge >= 0.3 is 0 Å². The molecule has 3 nitrogen and oxygen atoms in total. The molecule has 0 saturated heterocycles. The Bertz CT molecular complexity index is 615. The molecule has 0 unspecified atom stereocenters. The van der Waals surface area contributed by atoms with Crippen molar-refractivity contribution in [2.75, 3.05) is 0 Å². The number of nitrogens with zero attached hydrogens (tertiary/aromatic N) is 1. The van der Waals surface area contributed by atoms with E-state index < -0.39 is 0 Å². The highest BCUT2D eigenvalue weighted by atomic mass is 16.4. The molecule has 0 radical (unpaired) electrons. The van der Waals surface area contributed by atoms with Gasteiger partial charge < -0.3 is 10.9 Å². The van der Waals surface area contributed by atoms with Gasteiger partial charge in [-0.1, -0.05) is 86.3 Å². The topological polar surface area (TPSA) is 58.6 Å². The van der Waals surface area contributed by atoms with E-state index >= 15 is 0 Å². The van der Waals surface area contributed by atoms with Crippen LogP contribution in [0.15, 0.2) is 53.7 Å². The number of benzene rings is 2. The Kier molecular flexibility index (Phi) is 6.67. The number of hydrogen-bond acceptors (Lipinski definition) is 2. The maximum Gasteiger partial charge on any atom is 0.170 e. The first kappa shape index (κ1) is 17.1. The molecule has 3 heteroatoms. The Balaban J connectivity index is 1.94. The van der Waals surface area contributed by atoms with Crippen LogP contribution in [0.2, 0.25) is 0 Å². The number of unbranched alkanes of at least 4 members (excludes halogenated alkanes) is 4. The van der Waals surface area contributed by atoms with Gasteiger partial charge in [-0.3, -0.25) is 0 Å². The van der Waals surface area contributed by atoms with Crippen molar-refractivity contribution < 1.29 is 5.21 Å². The fraction of sp³-hybridized carbons (Fsp3) is 0.350. The number of aryl methyl sites for hydroxylation is 1. The number of amidine groups is 1. The first-order valence-electron chi connectivity index (χ1n) is 8.42. The molecule has 23 heavy (non-hydrogen) atoms. The molecule has 2 rings (SSSR count). The SMILES string of the molecule is CCCCCCCc1ccc(-c2ccc(C(N)=NO)cc2)cc1. The van der Waals surface area contributed by atoms with Crippen LogP contribution >= 0.6 is 0 Å². The fourth-order valence-corrected chi connectivity index (χ4v) is 2.69. The van der Waals surface area contributed by atoms with E-state index in [1.807, 2.05) is 24.3 Å². The highest BCUT2D eigenvalue weighted by Gasteiger charge is 2.02. The Labute approximate surface area is 138 Å². The summed E-state index contributed by atoms with van der Waals surface area (Å²) in [5.41, 5.74) is 10.0. The average Bonchev–Trinajstić information content (AvgIpc) is 2.61. The van der Waals surface area contributed by atoms with E-state index in [9.17, 15) is 0 Å². The molecule has 0 atom stereocenters. The largest absolute Gasteiger partial charge is 0.409 e. The van der Waals surface area contributed by atoms with Gasteiger partial charge in [0.05, 0.1) is 0 Å². The van der Waals surface area contributed by atoms with Gasteiger partial charge in [-0.25, -0.2) is 0 Å². The van der Waals surface area contributed by atoms with Crippen LogP contribution in [-0.4, -0.2) is 11.0 Å². The fourth-order valence-electron chi connectivity index (χ4n) is 2.69. The van der Waals surface area contributed by atoms with Gasteiger partial charge in [-0.15, -0.1) is 0 Å². The van der Waals surface area contributed by atoms with Crippen LogP contribution in [0, 0.1) is 0 Å². The third kappa shape index (κ3) is 5.13. The lowest BCUT2D eigenvalue weighted by molar-refractivity contribution is 0.318. The second-order valence-corrected chi connectivity index (χ2v) is 5.92. The van der Waals surface area contributed by atoms with Gasteiger partial charge in [0.1, 0.15) is 0 Å². The minimum absolute atomic E-state index is 0.134. The van der Waals surface area contributed by atoms with Crippen molar-refractivity contribution in [2.24, 2.45) is 10.9 Å². The van der Waals surface area contributed by atoms with Crippen molar-refractivity contribution in [2.45, 2.75) is 45.4 Å². The second kappa shape index (κ2) is 8.99. The maximum absolute atomic E-state index is 8.69. The van der Waals surface area contributed by atoms with E-state index in [1.54, 1.807) is 0 Å². The number of nitrogens with two attached hydrogens (primary N) is 1. The summed E-state index contributed by atoms with van der Waals surface area (Å²) in [6.07, 6.45) is 7.75. The standard InChI is InChI=1S/C20H26N2O/c1-2-3-4-5-6-7-16-8-10-17(11-9-16)18-12-14-19(15-13-18)20(21)22-23/h8-15,23H,2-7H2,1H3,(H2,21,22). The highest BCUT2D eigenvalue weighted by molar-refractivity contribution is 5.97. The molecule has 0 aliphatic rings. The Morgan fingerprint density at radius 2 is 1.43 bits per heavy atom. The summed E-state index contributed by atoms with van der Waals surface area (Å²) in [4.78, 5) is 0. The molecule has 0 aliphatic carbocycles. The van der Waals surface area contributed by atoms with Crippen LogP contribution in [0.25, 0.3) is 11.1 Å². The smallest absolute Gasteiger partial charge is 0.170 e. The predicted octanol–water partition coefficient (Wildman–Crippen LogP) is 4.96. The van der Waals surface area contributed by atoms with Crippen molar-refractivity contribution in [1.29, 1.82) is 0 Å². The monoisotopic (exact) mass is 310 g/mol. The van der Waals surface area contributed by atoms with Gasteiger partial charge in [-0.2, -0.15) is 0 Å². The maximum atomic E-state index is 8.69. The van der Waals surface area contributed by atoms with E-state index in [4.69, 9.17) is 10.9 Å². The van der Waals surface area contributed by atoms with E-state index in [2.05, 4.69) is 36.3 Å². The normalized spacial score (nSPS) is 11.6. The van der Waals surface area contributed by atoms with E-state index in [0.29, 0.717) is 0 Å². The van der Waals surface area contributed by atoms with Crippen LogP contribution in [0.4, 0.5) is 0 Å². The van der Waals surface area contributed by atoms with Gasteiger partial charge in [0.25, 0.3) is 0 Å². The zero-order chi connectivity index (χ0) is 16.5.